The molecule has 0 amide bonds. The van der Waals surface area contributed by atoms with Gasteiger partial charge in [0.25, 0.3) is 0 Å². The van der Waals surface area contributed by atoms with Crippen LogP contribution >= 0.6 is 0 Å². The summed E-state index contributed by atoms with van der Waals surface area (Å²) in [6.07, 6.45) is -4.08. The molecule has 1 heterocycles. The molecule has 4 atom stereocenters. The Morgan fingerprint density at radius 1 is 1.06 bits per heavy atom. The maximum atomic E-state index is 9.67. The van der Waals surface area contributed by atoms with Gasteiger partial charge in [-0.25, -0.2) is 0 Å². The average Bonchev–Trinajstić information content (AvgIpc) is 2.31. The Kier molecular flexibility index (Phi) is 3.40. The SMILES string of the molecule is O[C@@H]1[C@H](O)COC(Nc2ccccc2)[C@H]1O. The van der Waals surface area contributed by atoms with Crippen LogP contribution in [-0.4, -0.2) is 46.5 Å². The Balaban J connectivity index is 2.00. The number of aliphatic hydroxyl groups is 3. The second kappa shape index (κ2) is 4.80. The minimum absolute atomic E-state index is 0.00271. The van der Waals surface area contributed by atoms with Crippen LogP contribution in [0.5, 0.6) is 0 Å². The number of hydrogen-bond donors (Lipinski definition) is 4. The lowest BCUT2D eigenvalue weighted by Crippen LogP contribution is -2.55. The predicted octanol–water partition coefficient (Wildman–Crippen LogP) is -0.463. The first kappa shape index (κ1) is 11.3. The number of benzene rings is 1. The Labute approximate surface area is 93.3 Å². The zero-order chi connectivity index (χ0) is 11.5. The first-order valence-electron chi connectivity index (χ1n) is 5.16. The Bertz CT molecular complexity index is 332. The third-order valence-electron chi connectivity index (χ3n) is 2.58. The van der Waals surface area contributed by atoms with Gasteiger partial charge >= 0.3 is 0 Å². The van der Waals surface area contributed by atoms with Crippen molar-refractivity contribution in [3.63, 3.8) is 0 Å². The van der Waals surface area contributed by atoms with E-state index in [1.807, 2.05) is 30.3 Å². The highest BCUT2D eigenvalue weighted by molar-refractivity contribution is 5.43. The van der Waals surface area contributed by atoms with Crippen LogP contribution in [0.2, 0.25) is 0 Å². The number of rotatable bonds is 2. The van der Waals surface area contributed by atoms with Crippen molar-refractivity contribution in [2.75, 3.05) is 11.9 Å². The van der Waals surface area contributed by atoms with Crippen LogP contribution in [0.3, 0.4) is 0 Å². The van der Waals surface area contributed by atoms with Gasteiger partial charge < -0.3 is 25.4 Å². The molecule has 2 rings (SSSR count). The monoisotopic (exact) mass is 225 g/mol. The number of anilines is 1. The third kappa shape index (κ3) is 2.33. The largest absolute Gasteiger partial charge is 0.388 e. The third-order valence-corrected chi connectivity index (χ3v) is 2.58. The van der Waals surface area contributed by atoms with Crippen LogP contribution in [-0.2, 0) is 4.74 Å². The van der Waals surface area contributed by atoms with E-state index in [1.54, 1.807) is 0 Å². The normalized spacial score (nSPS) is 34.7. The van der Waals surface area contributed by atoms with Gasteiger partial charge in [-0.2, -0.15) is 0 Å². The van der Waals surface area contributed by atoms with E-state index < -0.39 is 24.5 Å². The highest BCUT2D eigenvalue weighted by Gasteiger charge is 2.37. The molecule has 0 bridgehead atoms. The Morgan fingerprint density at radius 2 is 1.75 bits per heavy atom. The smallest absolute Gasteiger partial charge is 0.156 e. The van der Waals surface area contributed by atoms with Crippen LogP contribution in [0.1, 0.15) is 0 Å². The molecule has 5 heteroatoms. The van der Waals surface area contributed by atoms with Gasteiger partial charge in [0.05, 0.1) is 6.61 Å². The molecule has 1 unspecified atom stereocenters. The van der Waals surface area contributed by atoms with Gasteiger partial charge in [-0.15, -0.1) is 0 Å². The van der Waals surface area contributed by atoms with Crippen LogP contribution < -0.4 is 5.32 Å². The van der Waals surface area contributed by atoms with Crippen molar-refractivity contribution >= 4 is 5.69 Å². The van der Waals surface area contributed by atoms with E-state index in [9.17, 15) is 15.3 Å². The lowest BCUT2D eigenvalue weighted by Gasteiger charge is -2.35. The molecule has 0 saturated carbocycles. The molecule has 0 radical (unpaired) electrons. The van der Waals surface area contributed by atoms with Crippen molar-refractivity contribution < 1.29 is 20.1 Å². The van der Waals surface area contributed by atoms with E-state index in [0.717, 1.165) is 5.69 Å². The van der Waals surface area contributed by atoms with Crippen LogP contribution in [0.15, 0.2) is 30.3 Å². The van der Waals surface area contributed by atoms with Crippen molar-refractivity contribution in [2.45, 2.75) is 24.5 Å². The average molecular weight is 225 g/mol. The second-order valence-electron chi connectivity index (χ2n) is 3.81. The van der Waals surface area contributed by atoms with Crippen molar-refractivity contribution in [3.05, 3.63) is 30.3 Å². The van der Waals surface area contributed by atoms with Crippen LogP contribution in [0.4, 0.5) is 5.69 Å². The zero-order valence-corrected chi connectivity index (χ0v) is 8.65. The van der Waals surface area contributed by atoms with Gasteiger partial charge in [0, 0.05) is 5.69 Å². The first-order valence-corrected chi connectivity index (χ1v) is 5.16. The summed E-state index contributed by atoms with van der Waals surface area (Å²) in [5.74, 6) is 0. The molecule has 88 valence electrons. The highest BCUT2D eigenvalue weighted by Crippen LogP contribution is 2.18. The number of nitrogens with one attached hydrogen (secondary N) is 1. The standard InChI is InChI=1S/C11H15NO4/c13-8-6-16-11(10(15)9(8)14)12-7-4-2-1-3-5-7/h1-5,8-15H,6H2/t8-,9-,10+,11?/m1/s1. The molecule has 5 nitrogen and oxygen atoms in total. The Morgan fingerprint density at radius 3 is 2.44 bits per heavy atom. The van der Waals surface area contributed by atoms with E-state index in [4.69, 9.17) is 4.74 Å². The molecule has 1 fully saturated rings. The molecule has 1 aliphatic rings. The maximum absolute atomic E-state index is 9.67. The van der Waals surface area contributed by atoms with Crippen molar-refractivity contribution in [3.8, 4) is 0 Å². The molecule has 1 saturated heterocycles. The van der Waals surface area contributed by atoms with E-state index in [-0.39, 0.29) is 6.61 Å². The summed E-state index contributed by atoms with van der Waals surface area (Å²) in [6, 6.07) is 9.23. The maximum Gasteiger partial charge on any atom is 0.156 e. The molecule has 0 aliphatic carbocycles. The number of aliphatic hydroxyl groups excluding tert-OH is 3. The summed E-state index contributed by atoms with van der Waals surface area (Å²) in [7, 11) is 0. The fraction of sp³-hybridized carbons (Fsp3) is 0.455. The van der Waals surface area contributed by atoms with Gasteiger partial charge in [0.15, 0.2) is 6.23 Å². The quantitative estimate of drug-likeness (QED) is 0.547. The molecule has 4 N–H and O–H groups in total. The fourth-order valence-electron chi connectivity index (χ4n) is 1.63. The second-order valence-corrected chi connectivity index (χ2v) is 3.81. The molecule has 1 aromatic carbocycles. The lowest BCUT2D eigenvalue weighted by molar-refractivity contribution is -0.178. The molecule has 1 aromatic rings. The van der Waals surface area contributed by atoms with Gasteiger partial charge in [-0.1, -0.05) is 18.2 Å². The highest BCUT2D eigenvalue weighted by atomic mass is 16.5. The van der Waals surface area contributed by atoms with Gasteiger partial charge in [0.1, 0.15) is 18.3 Å². The summed E-state index contributed by atoms with van der Waals surface area (Å²) in [5.41, 5.74) is 0.787. The molecule has 0 aromatic heterocycles. The van der Waals surface area contributed by atoms with Crippen molar-refractivity contribution in [2.24, 2.45) is 0 Å². The van der Waals surface area contributed by atoms with Crippen molar-refractivity contribution in [1.29, 1.82) is 0 Å². The summed E-state index contributed by atoms with van der Waals surface area (Å²) in [4.78, 5) is 0. The van der Waals surface area contributed by atoms with Gasteiger partial charge in [0.2, 0.25) is 0 Å². The molecular weight excluding hydrogens is 210 g/mol. The molecule has 0 spiro atoms. The lowest BCUT2D eigenvalue weighted by atomic mass is 10.0. The summed E-state index contributed by atoms with van der Waals surface area (Å²) >= 11 is 0. The first-order chi connectivity index (χ1) is 7.68. The van der Waals surface area contributed by atoms with E-state index in [1.165, 1.54) is 0 Å². The number of para-hydroxylation sites is 1. The zero-order valence-electron chi connectivity index (χ0n) is 8.65. The summed E-state index contributed by atoms with van der Waals surface area (Å²) in [6.45, 7) is 0.00271. The topological polar surface area (TPSA) is 82.0 Å². The molecular formula is C11H15NO4. The van der Waals surface area contributed by atoms with E-state index in [2.05, 4.69) is 5.32 Å². The summed E-state index contributed by atoms with van der Waals surface area (Å²) in [5, 5.41) is 31.4. The Hall–Kier alpha value is -1.14. The van der Waals surface area contributed by atoms with E-state index >= 15 is 0 Å². The summed E-state index contributed by atoms with van der Waals surface area (Å²) < 4.78 is 5.21. The predicted molar refractivity (Wildman–Crippen MR) is 57.8 cm³/mol. The van der Waals surface area contributed by atoms with Gasteiger partial charge in [-0.05, 0) is 12.1 Å². The van der Waals surface area contributed by atoms with E-state index in [0.29, 0.717) is 0 Å². The van der Waals surface area contributed by atoms with Gasteiger partial charge in [-0.3, -0.25) is 0 Å². The minimum Gasteiger partial charge on any atom is -0.388 e. The fourth-order valence-corrected chi connectivity index (χ4v) is 1.63. The molecule has 16 heavy (non-hydrogen) atoms. The number of hydrogen-bond acceptors (Lipinski definition) is 5. The molecule has 1 aliphatic heterocycles. The number of ether oxygens (including phenoxy) is 1. The minimum atomic E-state index is -1.19. The van der Waals surface area contributed by atoms with Crippen LogP contribution in [0, 0.1) is 0 Å². The van der Waals surface area contributed by atoms with Crippen molar-refractivity contribution in [1.82, 2.24) is 0 Å². The van der Waals surface area contributed by atoms with Crippen LogP contribution in [0.25, 0.3) is 0 Å².